The van der Waals surface area contributed by atoms with Crippen molar-refractivity contribution < 1.29 is 0 Å². The fraction of sp³-hybridized carbons (Fsp3) is 0.143. The largest absolute Gasteiger partial charge is 0.376 e. The van der Waals surface area contributed by atoms with Gasteiger partial charge in [0.25, 0.3) is 0 Å². The molecular weight excluding hydrogens is 404 g/mol. The lowest BCUT2D eigenvalue weighted by atomic mass is 10.1. The van der Waals surface area contributed by atoms with Crippen LogP contribution in [0.15, 0.2) is 34.8 Å². The molecule has 0 heterocycles. The zero-order valence-corrected chi connectivity index (χ0v) is 15.0. The molecule has 0 radical (unpaired) electrons. The number of benzene rings is 2. The van der Waals surface area contributed by atoms with Crippen LogP contribution in [0.3, 0.4) is 0 Å². The first kappa shape index (κ1) is 16.3. The fourth-order valence-corrected chi connectivity index (χ4v) is 3.62. The van der Waals surface area contributed by atoms with Crippen molar-refractivity contribution in [2.24, 2.45) is 0 Å². The van der Waals surface area contributed by atoms with Gasteiger partial charge in [0, 0.05) is 4.47 Å². The van der Waals surface area contributed by atoms with Gasteiger partial charge in [-0.05, 0) is 30.7 Å². The highest BCUT2D eigenvalue weighted by Gasteiger charge is 2.15. The van der Waals surface area contributed by atoms with Crippen molar-refractivity contribution in [2.45, 2.75) is 13.0 Å². The number of hydrogen-bond acceptors (Lipinski definition) is 1. The zero-order chi connectivity index (χ0) is 14.9. The van der Waals surface area contributed by atoms with Crippen LogP contribution in [-0.2, 0) is 0 Å². The molecule has 1 atom stereocenters. The first-order valence-corrected chi connectivity index (χ1v) is 8.05. The van der Waals surface area contributed by atoms with Gasteiger partial charge in [-0.3, -0.25) is 0 Å². The van der Waals surface area contributed by atoms with Crippen molar-refractivity contribution in [1.82, 2.24) is 0 Å². The van der Waals surface area contributed by atoms with E-state index in [0.29, 0.717) is 25.8 Å². The van der Waals surface area contributed by atoms with E-state index in [9.17, 15) is 0 Å². The first-order chi connectivity index (χ1) is 9.40. The van der Waals surface area contributed by atoms with Crippen LogP contribution in [-0.4, -0.2) is 0 Å². The first-order valence-electron chi connectivity index (χ1n) is 5.75. The third-order valence-electron chi connectivity index (χ3n) is 2.82. The Kier molecular flexibility index (Phi) is 5.49. The van der Waals surface area contributed by atoms with Gasteiger partial charge < -0.3 is 5.32 Å². The standard InChI is InChI=1S/C14H10BrCl4N/c1-7(9-3-2-4-10(16)13(9)19)20-14-11(17)5-8(15)6-12(14)18/h2-7,20H,1H3. The predicted molar refractivity (Wildman–Crippen MR) is 92.7 cm³/mol. The van der Waals surface area contributed by atoms with E-state index in [0.717, 1.165) is 10.0 Å². The van der Waals surface area contributed by atoms with Crippen LogP contribution in [0.5, 0.6) is 0 Å². The topological polar surface area (TPSA) is 12.0 Å². The van der Waals surface area contributed by atoms with Gasteiger partial charge >= 0.3 is 0 Å². The number of hydrogen-bond donors (Lipinski definition) is 1. The molecule has 0 aliphatic carbocycles. The van der Waals surface area contributed by atoms with E-state index < -0.39 is 0 Å². The molecule has 20 heavy (non-hydrogen) atoms. The van der Waals surface area contributed by atoms with Crippen molar-refractivity contribution in [3.8, 4) is 0 Å². The maximum atomic E-state index is 6.21. The van der Waals surface area contributed by atoms with E-state index in [1.54, 1.807) is 18.2 Å². The van der Waals surface area contributed by atoms with Crippen molar-refractivity contribution >= 4 is 68.0 Å². The number of halogens is 5. The van der Waals surface area contributed by atoms with Crippen molar-refractivity contribution in [3.05, 3.63) is 60.5 Å². The Morgan fingerprint density at radius 3 is 2.20 bits per heavy atom. The third-order valence-corrected chi connectivity index (χ3v) is 4.70. The Morgan fingerprint density at radius 2 is 1.60 bits per heavy atom. The Balaban J connectivity index is 2.33. The van der Waals surface area contributed by atoms with Crippen LogP contribution in [0, 0.1) is 0 Å². The van der Waals surface area contributed by atoms with Gasteiger partial charge in [-0.15, -0.1) is 0 Å². The monoisotopic (exact) mass is 411 g/mol. The molecule has 0 spiro atoms. The summed E-state index contributed by atoms with van der Waals surface area (Å²) in [4.78, 5) is 0. The molecular formula is C14H10BrCl4N. The number of rotatable bonds is 3. The Bertz CT molecular complexity index is 622. The van der Waals surface area contributed by atoms with Gasteiger partial charge in [0.1, 0.15) is 0 Å². The lowest BCUT2D eigenvalue weighted by Gasteiger charge is -2.19. The van der Waals surface area contributed by atoms with E-state index in [1.165, 1.54) is 0 Å². The lowest BCUT2D eigenvalue weighted by Crippen LogP contribution is -2.08. The molecule has 1 nitrogen and oxygen atoms in total. The van der Waals surface area contributed by atoms with Gasteiger partial charge in [0.05, 0.1) is 31.8 Å². The normalized spacial score (nSPS) is 12.3. The summed E-state index contributed by atoms with van der Waals surface area (Å²) in [6.45, 7) is 1.96. The Labute approximate surface area is 146 Å². The average molecular weight is 414 g/mol. The molecule has 0 saturated heterocycles. The molecule has 0 fully saturated rings. The highest BCUT2D eigenvalue weighted by atomic mass is 79.9. The number of nitrogens with one attached hydrogen (secondary N) is 1. The van der Waals surface area contributed by atoms with Crippen molar-refractivity contribution in [2.75, 3.05) is 5.32 Å². The number of anilines is 1. The summed E-state index contributed by atoms with van der Waals surface area (Å²) in [7, 11) is 0. The minimum absolute atomic E-state index is 0.0858. The maximum absolute atomic E-state index is 6.21. The second-order valence-electron chi connectivity index (χ2n) is 4.25. The quantitative estimate of drug-likeness (QED) is 0.559. The van der Waals surface area contributed by atoms with Crippen LogP contribution < -0.4 is 5.32 Å². The molecule has 2 aromatic rings. The van der Waals surface area contributed by atoms with Crippen LogP contribution in [0.4, 0.5) is 5.69 Å². The average Bonchev–Trinajstić information content (AvgIpc) is 2.36. The molecule has 0 aromatic heterocycles. The van der Waals surface area contributed by atoms with Crippen LogP contribution in [0.1, 0.15) is 18.5 Å². The molecule has 1 N–H and O–H groups in total. The third kappa shape index (κ3) is 3.55. The SMILES string of the molecule is CC(Nc1c(Cl)cc(Br)cc1Cl)c1cccc(Cl)c1Cl. The van der Waals surface area contributed by atoms with E-state index in [2.05, 4.69) is 21.2 Å². The molecule has 0 amide bonds. The molecule has 1 unspecified atom stereocenters. The summed E-state index contributed by atoms with van der Waals surface area (Å²) in [6, 6.07) is 8.99. The smallest absolute Gasteiger partial charge is 0.0724 e. The van der Waals surface area contributed by atoms with Crippen LogP contribution in [0.25, 0.3) is 0 Å². The Morgan fingerprint density at radius 1 is 1.00 bits per heavy atom. The van der Waals surface area contributed by atoms with Crippen LogP contribution >= 0.6 is 62.3 Å². The lowest BCUT2D eigenvalue weighted by molar-refractivity contribution is 0.885. The summed E-state index contributed by atoms with van der Waals surface area (Å²) >= 11 is 28.0. The molecule has 0 aliphatic heterocycles. The summed E-state index contributed by atoms with van der Waals surface area (Å²) in [5.41, 5.74) is 1.55. The summed E-state index contributed by atoms with van der Waals surface area (Å²) in [5.74, 6) is 0. The second kappa shape index (κ2) is 6.76. The highest BCUT2D eigenvalue weighted by molar-refractivity contribution is 9.10. The fourth-order valence-electron chi connectivity index (χ4n) is 1.83. The zero-order valence-electron chi connectivity index (χ0n) is 10.4. The van der Waals surface area contributed by atoms with E-state index in [1.807, 2.05) is 19.1 Å². The minimum atomic E-state index is -0.0858. The molecule has 0 aliphatic rings. The van der Waals surface area contributed by atoms with E-state index >= 15 is 0 Å². The van der Waals surface area contributed by atoms with E-state index in [4.69, 9.17) is 46.4 Å². The van der Waals surface area contributed by atoms with Gasteiger partial charge in [-0.25, -0.2) is 0 Å². The van der Waals surface area contributed by atoms with Gasteiger partial charge in [-0.1, -0.05) is 74.5 Å². The van der Waals surface area contributed by atoms with Crippen LogP contribution in [0.2, 0.25) is 20.1 Å². The maximum Gasteiger partial charge on any atom is 0.0724 e. The summed E-state index contributed by atoms with van der Waals surface area (Å²) < 4.78 is 0.825. The Hall–Kier alpha value is -0.120. The van der Waals surface area contributed by atoms with Crippen molar-refractivity contribution in [1.29, 1.82) is 0 Å². The molecule has 2 aromatic carbocycles. The molecule has 2 rings (SSSR count). The van der Waals surface area contributed by atoms with Gasteiger partial charge in [0.2, 0.25) is 0 Å². The van der Waals surface area contributed by atoms with Gasteiger partial charge in [-0.2, -0.15) is 0 Å². The second-order valence-corrected chi connectivity index (χ2v) is 6.77. The van der Waals surface area contributed by atoms with Crippen molar-refractivity contribution in [3.63, 3.8) is 0 Å². The highest BCUT2D eigenvalue weighted by Crippen LogP contribution is 2.37. The van der Waals surface area contributed by atoms with E-state index in [-0.39, 0.29) is 6.04 Å². The summed E-state index contributed by atoms with van der Waals surface area (Å²) in [6.07, 6.45) is 0. The van der Waals surface area contributed by atoms with Gasteiger partial charge in [0.15, 0.2) is 0 Å². The predicted octanol–water partition coefficient (Wildman–Crippen LogP) is 7.24. The molecule has 6 heteroatoms. The summed E-state index contributed by atoms with van der Waals surface area (Å²) in [5, 5.41) is 5.38. The molecule has 0 bridgehead atoms. The molecule has 0 saturated carbocycles. The minimum Gasteiger partial charge on any atom is -0.376 e. The molecule has 106 valence electrons.